The van der Waals surface area contributed by atoms with Gasteiger partial charge < -0.3 is 15.3 Å². The summed E-state index contributed by atoms with van der Waals surface area (Å²) in [5.41, 5.74) is 1.48. The van der Waals surface area contributed by atoms with E-state index >= 15 is 0 Å². The Morgan fingerprint density at radius 3 is 2.83 bits per heavy atom. The van der Waals surface area contributed by atoms with Crippen molar-refractivity contribution in [3.8, 4) is 0 Å². The van der Waals surface area contributed by atoms with Gasteiger partial charge in [-0.25, -0.2) is 4.39 Å². The van der Waals surface area contributed by atoms with Gasteiger partial charge in [0.05, 0.1) is 6.54 Å². The van der Waals surface area contributed by atoms with Crippen LogP contribution in [0.2, 0.25) is 0 Å². The van der Waals surface area contributed by atoms with Gasteiger partial charge in [-0.1, -0.05) is 18.2 Å². The molecular formula is C17H22FN3OS. The molecule has 1 unspecified atom stereocenters. The van der Waals surface area contributed by atoms with E-state index < -0.39 is 11.9 Å². The van der Waals surface area contributed by atoms with E-state index in [0.29, 0.717) is 5.96 Å². The molecular weight excluding hydrogens is 313 g/mol. The molecule has 6 heteroatoms. The van der Waals surface area contributed by atoms with Gasteiger partial charge in [0.2, 0.25) is 0 Å². The Bertz CT molecular complexity index is 631. The number of halogens is 1. The van der Waals surface area contributed by atoms with E-state index in [9.17, 15) is 9.50 Å². The number of hydrogen-bond donors (Lipinski definition) is 2. The molecule has 2 aromatic rings. The maximum absolute atomic E-state index is 13.7. The third-order valence-electron chi connectivity index (χ3n) is 3.37. The second-order valence-electron chi connectivity index (χ2n) is 5.22. The minimum atomic E-state index is -0.959. The van der Waals surface area contributed by atoms with Crippen molar-refractivity contribution in [1.82, 2.24) is 10.2 Å². The summed E-state index contributed by atoms with van der Waals surface area (Å²) in [5, 5.41) is 17.5. The summed E-state index contributed by atoms with van der Waals surface area (Å²) < 4.78 is 13.7. The zero-order valence-corrected chi connectivity index (χ0v) is 14.2. The molecule has 23 heavy (non-hydrogen) atoms. The lowest BCUT2D eigenvalue weighted by Crippen LogP contribution is -2.38. The Hall–Kier alpha value is -1.92. The molecule has 1 heterocycles. The summed E-state index contributed by atoms with van der Waals surface area (Å²) >= 11 is 1.66. The van der Waals surface area contributed by atoms with Crippen LogP contribution in [0, 0.1) is 5.82 Å². The van der Waals surface area contributed by atoms with Gasteiger partial charge in [-0.2, -0.15) is 11.3 Å². The number of aliphatic hydroxyl groups excluding tert-OH is 1. The zero-order valence-electron chi connectivity index (χ0n) is 13.4. The maximum Gasteiger partial charge on any atom is 0.194 e. The molecule has 0 saturated carbocycles. The normalized spacial score (nSPS) is 13.0. The van der Waals surface area contributed by atoms with Gasteiger partial charge in [0.1, 0.15) is 11.9 Å². The average Bonchev–Trinajstić information content (AvgIpc) is 3.04. The molecule has 0 radical (unpaired) electrons. The molecule has 2 rings (SSSR count). The van der Waals surface area contributed by atoms with Crippen LogP contribution >= 0.6 is 11.3 Å². The molecule has 4 nitrogen and oxygen atoms in total. The van der Waals surface area contributed by atoms with Crippen molar-refractivity contribution in [2.24, 2.45) is 4.99 Å². The van der Waals surface area contributed by atoms with Gasteiger partial charge in [0, 0.05) is 25.7 Å². The third kappa shape index (κ3) is 5.04. The number of nitrogens with zero attached hydrogens (tertiary/aromatic N) is 2. The van der Waals surface area contributed by atoms with Crippen molar-refractivity contribution < 1.29 is 9.50 Å². The SMILES string of the molecule is CCNC(=NCC(O)c1ccccc1F)N(C)Cc1ccsc1. The van der Waals surface area contributed by atoms with E-state index in [1.54, 1.807) is 29.5 Å². The molecule has 0 saturated heterocycles. The van der Waals surface area contributed by atoms with E-state index in [4.69, 9.17) is 0 Å². The van der Waals surface area contributed by atoms with Crippen LogP contribution < -0.4 is 5.32 Å². The maximum atomic E-state index is 13.7. The molecule has 0 amide bonds. The fourth-order valence-corrected chi connectivity index (χ4v) is 2.88. The highest BCUT2D eigenvalue weighted by atomic mass is 32.1. The minimum absolute atomic E-state index is 0.108. The Morgan fingerprint density at radius 2 is 2.17 bits per heavy atom. The van der Waals surface area contributed by atoms with Crippen LogP contribution in [-0.4, -0.2) is 36.1 Å². The van der Waals surface area contributed by atoms with Crippen LogP contribution in [0.15, 0.2) is 46.1 Å². The van der Waals surface area contributed by atoms with E-state index in [2.05, 4.69) is 21.8 Å². The van der Waals surface area contributed by atoms with Gasteiger partial charge in [0.15, 0.2) is 5.96 Å². The molecule has 124 valence electrons. The lowest BCUT2D eigenvalue weighted by Gasteiger charge is -2.22. The summed E-state index contributed by atoms with van der Waals surface area (Å²) in [6, 6.07) is 8.30. The summed E-state index contributed by atoms with van der Waals surface area (Å²) in [6.45, 7) is 3.55. The molecule has 1 aromatic carbocycles. The van der Waals surface area contributed by atoms with E-state index in [1.807, 2.05) is 24.3 Å². The number of aliphatic imine (C=N–C) groups is 1. The van der Waals surface area contributed by atoms with Crippen molar-refractivity contribution in [3.05, 3.63) is 58.0 Å². The third-order valence-corrected chi connectivity index (χ3v) is 4.11. The highest BCUT2D eigenvalue weighted by Gasteiger charge is 2.13. The smallest absolute Gasteiger partial charge is 0.194 e. The van der Waals surface area contributed by atoms with Gasteiger partial charge in [0.25, 0.3) is 0 Å². The van der Waals surface area contributed by atoms with Crippen LogP contribution in [0.4, 0.5) is 4.39 Å². The zero-order chi connectivity index (χ0) is 16.7. The van der Waals surface area contributed by atoms with Gasteiger partial charge in [-0.05, 0) is 35.4 Å². The van der Waals surface area contributed by atoms with Crippen LogP contribution in [0.3, 0.4) is 0 Å². The predicted octanol–water partition coefficient (Wildman–Crippen LogP) is 3.02. The number of aliphatic hydroxyl groups is 1. The number of rotatable bonds is 6. The average molecular weight is 335 g/mol. The molecule has 0 aliphatic rings. The molecule has 0 aliphatic heterocycles. The summed E-state index contributed by atoms with van der Waals surface area (Å²) in [7, 11) is 1.94. The lowest BCUT2D eigenvalue weighted by atomic mass is 10.1. The van der Waals surface area contributed by atoms with Crippen molar-refractivity contribution in [3.63, 3.8) is 0 Å². The highest BCUT2D eigenvalue weighted by Crippen LogP contribution is 2.17. The van der Waals surface area contributed by atoms with Crippen molar-refractivity contribution in [2.75, 3.05) is 20.1 Å². The topological polar surface area (TPSA) is 47.9 Å². The lowest BCUT2D eigenvalue weighted by molar-refractivity contribution is 0.181. The number of guanidine groups is 1. The van der Waals surface area contributed by atoms with E-state index in [-0.39, 0.29) is 12.1 Å². The molecule has 0 fully saturated rings. The standard InChI is InChI=1S/C17H22FN3OS/c1-3-19-17(21(2)11-13-8-9-23-12-13)20-10-16(22)14-6-4-5-7-15(14)18/h4-9,12,16,22H,3,10-11H2,1-2H3,(H,19,20). The van der Waals surface area contributed by atoms with Crippen molar-refractivity contribution >= 4 is 17.3 Å². The predicted molar refractivity (Wildman–Crippen MR) is 93.1 cm³/mol. The fourth-order valence-electron chi connectivity index (χ4n) is 2.22. The summed E-state index contributed by atoms with van der Waals surface area (Å²) in [6.07, 6.45) is -0.959. The minimum Gasteiger partial charge on any atom is -0.386 e. The quantitative estimate of drug-likeness (QED) is 0.630. The number of thiophene rings is 1. The number of nitrogens with one attached hydrogen (secondary N) is 1. The van der Waals surface area contributed by atoms with Gasteiger partial charge >= 0.3 is 0 Å². The first-order valence-electron chi connectivity index (χ1n) is 7.54. The largest absolute Gasteiger partial charge is 0.386 e. The molecule has 0 bridgehead atoms. The number of benzene rings is 1. The molecule has 1 atom stereocenters. The van der Waals surface area contributed by atoms with Crippen LogP contribution in [-0.2, 0) is 6.54 Å². The summed E-state index contributed by atoms with van der Waals surface area (Å²) in [5.74, 6) is 0.279. The summed E-state index contributed by atoms with van der Waals surface area (Å²) in [4.78, 5) is 6.42. The Balaban J connectivity index is 2.04. The fraction of sp³-hybridized carbons (Fsp3) is 0.353. The first-order chi connectivity index (χ1) is 11.1. The van der Waals surface area contributed by atoms with Crippen LogP contribution in [0.5, 0.6) is 0 Å². The van der Waals surface area contributed by atoms with Crippen molar-refractivity contribution in [2.45, 2.75) is 19.6 Å². The Morgan fingerprint density at radius 1 is 1.39 bits per heavy atom. The molecule has 1 aromatic heterocycles. The first kappa shape index (κ1) is 17.4. The van der Waals surface area contributed by atoms with Gasteiger partial charge in [-0.3, -0.25) is 4.99 Å². The van der Waals surface area contributed by atoms with Crippen molar-refractivity contribution in [1.29, 1.82) is 0 Å². The van der Waals surface area contributed by atoms with Gasteiger partial charge in [-0.15, -0.1) is 0 Å². The molecule has 2 N–H and O–H groups in total. The molecule has 0 aliphatic carbocycles. The second kappa shape index (κ2) is 8.64. The van der Waals surface area contributed by atoms with Crippen LogP contribution in [0.1, 0.15) is 24.2 Å². The number of hydrogen-bond acceptors (Lipinski definition) is 3. The monoisotopic (exact) mass is 335 g/mol. The first-order valence-corrected chi connectivity index (χ1v) is 8.49. The molecule has 0 spiro atoms. The second-order valence-corrected chi connectivity index (χ2v) is 6.00. The highest BCUT2D eigenvalue weighted by molar-refractivity contribution is 7.07. The Labute approximate surface area is 140 Å². The van der Waals surface area contributed by atoms with E-state index in [0.717, 1.165) is 13.1 Å². The van der Waals surface area contributed by atoms with Crippen LogP contribution in [0.25, 0.3) is 0 Å². The van der Waals surface area contributed by atoms with E-state index in [1.165, 1.54) is 11.6 Å². The Kier molecular flexibility index (Phi) is 6.55.